The van der Waals surface area contributed by atoms with Crippen LogP contribution in [0.25, 0.3) is 6.08 Å². The first-order chi connectivity index (χ1) is 19.0. The van der Waals surface area contributed by atoms with Crippen molar-refractivity contribution in [3.05, 3.63) is 65.7 Å². The molecule has 2 aromatic carbocycles. The fourth-order valence-corrected chi connectivity index (χ4v) is 4.53. The molecular weight excluding hydrogens is 514 g/mol. The highest BCUT2D eigenvalue weighted by Gasteiger charge is 2.46. The lowest BCUT2D eigenvalue weighted by Gasteiger charge is -2.25. The van der Waals surface area contributed by atoms with Gasteiger partial charge in [0, 0.05) is 6.08 Å². The van der Waals surface area contributed by atoms with Gasteiger partial charge in [-0.3, -0.25) is 29.3 Å². The Morgan fingerprint density at radius 2 is 1.62 bits per heavy atom. The van der Waals surface area contributed by atoms with Crippen molar-refractivity contribution in [1.82, 2.24) is 16.0 Å². The van der Waals surface area contributed by atoms with E-state index in [1.165, 1.54) is 27.2 Å². The zero-order valence-corrected chi connectivity index (χ0v) is 23.2. The van der Waals surface area contributed by atoms with Crippen molar-refractivity contribution < 1.29 is 33.4 Å². The summed E-state index contributed by atoms with van der Waals surface area (Å²) in [7, 11) is 3.06. The molecule has 4 atom stereocenters. The van der Waals surface area contributed by atoms with Crippen molar-refractivity contribution in [2.75, 3.05) is 14.2 Å². The van der Waals surface area contributed by atoms with Gasteiger partial charge >= 0.3 is 0 Å². The Balaban J connectivity index is 1.73. The average molecular weight is 550 g/mol. The largest absolute Gasteiger partial charge is 0.493 e. The number of Topliss-reactive ketones (excluding diaryl/α,β-unsaturated/α-hetero) is 1. The quantitative estimate of drug-likeness (QED) is 0.210. The van der Waals surface area contributed by atoms with Crippen LogP contribution in [0.15, 0.2) is 54.6 Å². The summed E-state index contributed by atoms with van der Waals surface area (Å²) in [5.41, 5.74) is 1.41. The normalized spacial score (nSPS) is 18.2. The van der Waals surface area contributed by atoms with E-state index in [4.69, 9.17) is 9.47 Å². The van der Waals surface area contributed by atoms with Crippen LogP contribution in [0, 0.1) is 17.8 Å². The van der Waals surface area contributed by atoms with Crippen molar-refractivity contribution in [3.8, 4) is 11.5 Å². The third kappa shape index (κ3) is 7.34. The SMILES string of the molecule is COc1ccc(/C=C/C(=O)N[C@H](CC(=O)N[C@@H](C(=O)[C@@H]2C(=O)NC(=O)[C@H]2C)C(C)C)c2ccccc2)cc1OC. The Bertz CT molecular complexity index is 1290. The summed E-state index contributed by atoms with van der Waals surface area (Å²) in [6.07, 6.45) is 2.82. The van der Waals surface area contributed by atoms with Crippen LogP contribution in [0.2, 0.25) is 0 Å². The lowest BCUT2D eigenvalue weighted by atomic mass is 9.85. The van der Waals surface area contributed by atoms with Gasteiger partial charge in [0.25, 0.3) is 0 Å². The molecule has 1 saturated heterocycles. The van der Waals surface area contributed by atoms with Gasteiger partial charge in [-0.2, -0.15) is 0 Å². The van der Waals surface area contributed by atoms with Crippen molar-refractivity contribution in [1.29, 1.82) is 0 Å². The topological polar surface area (TPSA) is 140 Å². The molecule has 1 aliphatic heterocycles. The fourth-order valence-electron chi connectivity index (χ4n) is 4.53. The maximum atomic E-state index is 13.2. The predicted molar refractivity (Wildman–Crippen MR) is 148 cm³/mol. The van der Waals surface area contributed by atoms with Crippen molar-refractivity contribution in [3.63, 3.8) is 0 Å². The van der Waals surface area contributed by atoms with Crippen LogP contribution in [0.3, 0.4) is 0 Å². The molecule has 10 heteroatoms. The first-order valence-electron chi connectivity index (χ1n) is 13.0. The molecule has 0 aliphatic carbocycles. The van der Waals surface area contributed by atoms with Crippen LogP contribution in [-0.2, 0) is 24.0 Å². The smallest absolute Gasteiger partial charge is 0.244 e. The molecule has 4 amide bonds. The minimum atomic E-state index is -1.16. The molecule has 0 aromatic heterocycles. The molecule has 0 saturated carbocycles. The summed E-state index contributed by atoms with van der Waals surface area (Å²) >= 11 is 0. The van der Waals surface area contributed by atoms with Gasteiger partial charge in [-0.25, -0.2) is 0 Å². The van der Waals surface area contributed by atoms with Crippen LogP contribution < -0.4 is 25.4 Å². The molecule has 1 aliphatic rings. The van der Waals surface area contributed by atoms with Crippen LogP contribution in [0.5, 0.6) is 11.5 Å². The highest BCUT2D eigenvalue weighted by Crippen LogP contribution is 2.28. The Morgan fingerprint density at radius 3 is 2.20 bits per heavy atom. The third-order valence-electron chi connectivity index (χ3n) is 6.78. The number of nitrogens with one attached hydrogen (secondary N) is 3. The molecule has 212 valence electrons. The summed E-state index contributed by atoms with van der Waals surface area (Å²) in [4.78, 5) is 63.3. The third-order valence-corrected chi connectivity index (χ3v) is 6.78. The first kappa shape index (κ1) is 30.1. The second kappa shape index (κ2) is 13.5. The highest BCUT2D eigenvalue weighted by atomic mass is 16.5. The maximum absolute atomic E-state index is 13.2. The fraction of sp³-hybridized carbons (Fsp3) is 0.367. The minimum Gasteiger partial charge on any atom is -0.493 e. The van der Waals surface area contributed by atoms with E-state index in [2.05, 4.69) is 16.0 Å². The highest BCUT2D eigenvalue weighted by molar-refractivity contribution is 6.16. The molecule has 1 fully saturated rings. The average Bonchev–Trinajstić information content (AvgIpc) is 3.20. The zero-order valence-electron chi connectivity index (χ0n) is 23.2. The van der Waals surface area contributed by atoms with E-state index in [1.807, 2.05) is 6.07 Å². The molecule has 0 spiro atoms. The van der Waals surface area contributed by atoms with Crippen LogP contribution in [0.4, 0.5) is 0 Å². The van der Waals surface area contributed by atoms with E-state index in [1.54, 1.807) is 62.4 Å². The van der Waals surface area contributed by atoms with E-state index in [-0.39, 0.29) is 12.3 Å². The lowest BCUT2D eigenvalue weighted by Crippen LogP contribution is -2.49. The van der Waals surface area contributed by atoms with Gasteiger partial charge in [0.2, 0.25) is 23.6 Å². The number of ether oxygens (including phenoxy) is 2. The van der Waals surface area contributed by atoms with Gasteiger partial charge in [0.1, 0.15) is 5.92 Å². The molecule has 3 rings (SSSR count). The summed E-state index contributed by atoms with van der Waals surface area (Å²) in [6, 6.07) is 12.5. The number of carbonyl (C=O) groups is 5. The van der Waals surface area contributed by atoms with Crippen LogP contribution in [0.1, 0.15) is 44.4 Å². The van der Waals surface area contributed by atoms with Gasteiger partial charge in [0.05, 0.1) is 38.6 Å². The Morgan fingerprint density at radius 1 is 0.950 bits per heavy atom. The summed E-state index contributed by atoms with van der Waals surface area (Å²) in [5, 5.41) is 7.76. The zero-order chi connectivity index (χ0) is 29.4. The molecule has 0 bridgehead atoms. The standard InChI is InChI=1S/C30H35N3O7/c1-17(2)27(28(36)26-18(3)29(37)33-30(26)38)32-25(35)16-21(20-9-7-6-8-10-20)31-24(34)14-12-19-11-13-22(39-4)23(15-19)40-5/h6-15,17-18,21,26-27H,16H2,1-5H3,(H,31,34)(H,32,35)(H,33,37,38)/b14-12+/t18-,21+,26+,27+/m0/s1. The number of ketones is 1. The summed E-state index contributed by atoms with van der Waals surface area (Å²) in [5.74, 6) is -3.81. The van der Waals surface area contributed by atoms with E-state index in [0.29, 0.717) is 22.6 Å². The first-order valence-corrected chi connectivity index (χ1v) is 13.0. The van der Waals surface area contributed by atoms with Crippen LogP contribution >= 0.6 is 0 Å². The number of hydrogen-bond acceptors (Lipinski definition) is 7. The van der Waals surface area contributed by atoms with E-state index in [0.717, 1.165) is 0 Å². The molecule has 40 heavy (non-hydrogen) atoms. The molecule has 10 nitrogen and oxygen atoms in total. The molecule has 1 heterocycles. The van der Waals surface area contributed by atoms with Gasteiger partial charge in [-0.15, -0.1) is 0 Å². The number of rotatable bonds is 12. The van der Waals surface area contributed by atoms with Gasteiger partial charge in [-0.1, -0.05) is 57.2 Å². The minimum absolute atomic E-state index is 0.151. The van der Waals surface area contributed by atoms with Crippen molar-refractivity contribution in [2.24, 2.45) is 17.8 Å². The molecule has 3 N–H and O–H groups in total. The Kier molecular flexibility index (Phi) is 10.2. The molecule has 0 unspecified atom stereocenters. The number of carbonyl (C=O) groups excluding carboxylic acids is 5. The second-order valence-corrected chi connectivity index (χ2v) is 9.94. The summed E-state index contributed by atoms with van der Waals surface area (Å²) in [6.45, 7) is 5.01. The molecule has 2 aromatic rings. The number of imide groups is 1. The Hall–Kier alpha value is -4.47. The Labute approximate surface area is 233 Å². The van der Waals surface area contributed by atoms with Gasteiger partial charge < -0.3 is 20.1 Å². The number of amides is 4. The van der Waals surface area contributed by atoms with Crippen LogP contribution in [-0.4, -0.2) is 49.7 Å². The van der Waals surface area contributed by atoms with Crippen molar-refractivity contribution in [2.45, 2.75) is 39.3 Å². The lowest BCUT2D eigenvalue weighted by molar-refractivity contribution is -0.137. The van der Waals surface area contributed by atoms with E-state index >= 15 is 0 Å². The maximum Gasteiger partial charge on any atom is 0.244 e. The number of hydrogen-bond donors (Lipinski definition) is 3. The number of benzene rings is 2. The number of methoxy groups -OCH3 is 2. The predicted octanol–water partition coefficient (Wildman–Crippen LogP) is 2.58. The second-order valence-electron chi connectivity index (χ2n) is 9.94. The van der Waals surface area contributed by atoms with Gasteiger partial charge in [-0.05, 0) is 35.3 Å². The summed E-state index contributed by atoms with van der Waals surface area (Å²) < 4.78 is 10.5. The molecule has 0 radical (unpaired) electrons. The van der Waals surface area contributed by atoms with E-state index < -0.39 is 53.3 Å². The van der Waals surface area contributed by atoms with Gasteiger partial charge in [0.15, 0.2) is 17.3 Å². The molecular formula is C30H35N3O7. The van der Waals surface area contributed by atoms with E-state index in [9.17, 15) is 24.0 Å². The van der Waals surface area contributed by atoms with Crippen molar-refractivity contribution >= 4 is 35.5 Å². The monoisotopic (exact) mass is 549 g/mol.